The van der Waals surface area contributed by atoms with Gasteiger partial charge in [-0.1, -0.05) is 0 Å². The number of nitrogen functional groups attached to an aromatic ring is 1. The first kappa shape index (κ1) is 25.8. The van der Waals surface area contributed by atoms with E-state index in [0.29, 0.717) is 33.7 Å². The van der Waals surface area contributed by atoms with Gasteiger partial charge >= 0.3 is 6.09 Å². The third-order valence-corrected chi connectivity index (χ3v) is 6.24. The summed E-state index contributed by atoms with van der Waals surface area (Å²) >= 11 is 0. The largest absolute Gasteiger partial charge is 0.465 e. The van der Waals surface area contributed by atoms with Crippen LogP contribution in [-0.4, -0.2) is 52.2 Å². The van der Waals surface area contributed by atoms with E-state index >= 15 is 0 Å². The fraction of sp³-hybridized carbons (Fsp3) is 0.115. The van der Waals surface area contributed by atoms with Crippen LogP contribution in [0.25, 0.3) is 10.9 Å². The third-order valence-electron chi connectivity index (χ3n) is 6.24. The number of rotatable bonds is 6. The zero-order chi connectivity index (χ0) is 28.7. The predicted molar refractivity (Wildman–Crippen MR) is 148 cm³/mol. The number of anilines is 4. The Morgan fingerprint density at radius 2 is 1.43 bits per heavy atom. The number of aryl methyl sites for hydroxylation is 3. The summed E-state index contributed by atoms with van der Waals surface area (Å²) in [5, 5.41) is 17.4. The molecule has 0 spiro atoms. The molecule has 0 saturated heterocycles. The molecule has 4 heterocycles. The van der Waals surface area contributed by atoms with Gasteiger partial charge < -0.3 is 35.2 Å². The number of amides is 3. The standard InChI is InChI=1S/C26H25N9O5/c1-32-11-16(29-24(37)22-31-21(27)13-34(22)3)9-19(32)23(36)28-17-10-20(33(2)12-17)25(38)35-7-6-14-8-15(30-26(39)40)4-5-18(14)35/h4-13,30H,27H2,1-3H3,(H,28,36)(H,29,37)(H,39,40). The van der Waals surface area contributed by atoms with E-state index in [1.807, 2.05) is 0 Å². The van der Waals surface area contributed by atoms with Crippen LogP contribution in [0, 0.1) is 0 Å². The molecule has 14 nitrogen and oxygen atoms in total. The average molecular weight is 544 g/mol. The molecule has 5 aromatic rings. The number of hydrogen-bond donors (Lipinski definition) is 5. The molecule has 0 saturated carbocycles. The number of benzene rings is 1. The van der Waals surface area contributed by atoms with E-state index in [-0.39, 0.29) is 23.2 Å². The number of nitrogens with two attached hydrogens (primary N) is 1. The van der Waals surface area contributed by atoms with Gasteiger partial charge in [0.1, 0.15) is 17.2 Å². The van der Waals surface area contributed by atoms with E-state index in [1.165, 1.54) is 21.4 Å². The highest BCUT2D eigenvalue weighted by atomic mass is 16.4. The van der Waals surface area contributed by atoms with Crippen molar-refractivity contribution in [2.45, 2.75) is 0 Å². The quantitative estimate of drug-likeness (QED) is 0.218. The van der Waals surface area contributed by atoms with Gasteiger partial charge in [0, 0.05) is 57.0 Å². The highest BCUT2D eigenvalue weighted by Crippen LogP contribution is 2.23. The molecule has 1 aromatic carbocycles. The Morgan fingerprint density at radius 3 is 2.08 bits per heavy atom. The molecule has 0 aliphatic heterocycles. The van der Waals surface area contributed by atoms with Crippen LogP contribution >= 0.6 is 0 Å². The van der Waals surface area contributed by atoms with Gasteiger partial charge in [0.05, 0.1) is 16.9 Å². The van der Waals surface area contributed by atoms with Gasteiger partial charge in [0.15, 0.2) is 0 Å². The van der Waals surface area contributed by atoms with Gasteiger partial charge in [-0.25, -0.2) is 9.78 Å². The zero-order valence-electron chi connectivity index (χ0n) is 21.7. The number of carboxylic acid groups (broad SMARTS) is 1. The van der Waals surface area contributed by atoms with Crippen molar-refractivity contribution < 1.29 is 24.3 Å². The Hall–Kier alpha value is -5.79. The van der Waals surface area contributed by atoms with E-state index in [0.717, 1.165) is 0 Å². The van der Waals surface area contributed by atoms with Crippen LogP contribution in [0.15, 0.2) is 61.2 Å². The van der Waals surface area contributed by atoms with Crippen molar-refractivity contribution in [2.24, 2.45) is 21.1 Å². The van der Waals surface area contributed by atoms with Crippen LogP contribution in [0.5, 0.6) is 0 Å². The van der Waals surface area contributed by atoms with Gasteiger partial charge in [0.2, 0.25) is 5.82 Å². The lowest BCUT2D eigenvalue weighted by Gasteiger charge is -2.06. The van der Waals surface area contributed by atoms with Crippen LogP contribution in [0.4, 0.5) is 27.7 Å². The lowest BCUT2D eigenvalue weighted by molar-refractivity contribution is 0.0954. The fourth-order valence-corrected chi connectivity index (χ4v) is 4.43. The van der Waals surface area contributed by atoms with E-state index in [4.69, 9.17) is 10.8 Å². The zero-order valence-corrected chi connectivity index (χ0v) is 21.7. The summed E-state index contributed by atoms with van der Waals surface area (Å²) < 4.78 is 6.10. The Kier molecular flexibility index (Phi) is 6.35. The Morgan fingerprint density at radius 1 is 0.775 bits per heavy atom. The Bertz CT molecular complexity index is 1820. The monoisotopic (exact) mass is 543 g/mol. The second-order valence-corrected chi connectivity index (χ2v) is 9.15. The SMILES string of the molecule is Cn1cc(NC(=O)c2nc(N)cn2C)cc1C(=O)Nc1cc(C(=O)n2ccc3cc(NC(=O)O)ccc32)n(C)c1. The number of imidazole rings is 1. The molecule has 6 N–H and O–H groups in total. The summed E-state index contributed by atoms with van der Waals surface area (Å²) in [6.07, 6.45) is 5.14. The maximum absolute atomic E-state index is 13.3. The first-order valence-corrected chi connectivity index (χ1v) is 11.9. The first-order valence-electron chi connectivity index (χ1n) is 11.9. The van der Waals surface area contributed by atoms with Gasteiger partial charge in [-0.05, 0) is 36.4 Å². The summed E-state index contributed by atoms with van der Waals surface area (Å²) in [6, 6.07) is 9.64. The van der Waals surface area contributed by atoms with Crippen molar-refractivity contribution in [3.63, 3.8) is 0 Å². The molecule has 0 aliphatic rings. The minimum atomic E-state index is -1.18. The summed E-state index contributed by atoms with van der Waals surface area (Å²) in [7, 11) is 5.00. The third kappa shape index (κ3) is 4.88. The van der Waals surface area contributed by atoms with E-state index < -0.39 is 17.9 Å². The van der Waals surface area contributed by atoms with Crippen molar-refractivity contribution in [3.05, 3.63) is 78.4 Å². The topological polar surface area (TPSA) is 183 Å². The van der Waals surface area contributed by atoms with Crippen LogP contribution in [0.2, 0.25) is 0 Å². The summed E-state index contributed by atoms with van der Waals surface area (Å²) in [4.78, 5) is 53.8. The summed E-state index contributed by atoms with van der Waals surface area (Å²) in [6.45, 7) is 0. The molecular weight excluding hydrogens is 518 g/mol. The lowest BCUT2D eigenvalue weighted by Crippen LogP contribution is -2.16. The maximum atomic E-state index is 13.3. The molecule has 14 heteroatoms. The molecule has 0 fully saturated rings. The molecule has 0 bridgehead atoms. The molecule has 4 aromatic heterocycles. The molecule has 204 valence electrons. The van der Waals surface area contributed by atoms with Crippen molar-refractivity contribution >= 4 is 57.6 Å². The second kappa shape index (κ2) is 9.83. The van der Waals surface area contributed by atoms with Crippen LogP contribution in [0.1, 0.15) is 31.6 Å². The smallest absolute Gasteiger partial charge is 0.409 e. The van der Waals surface area contributed by atoms with Crippen molar-refractivity contribution in [1.29, 1.82) is 0 Å². The average Bonchev–Trinajstić information content (AvgIpc) is 3.63. The summed E-state index contributed by atoms with van der Waals surface area (Å²) in [5.41, 5.74) is 8.00. The number of nitrogens with one attached hydrogen (secondary N) is 3. The number of aromatic nitrogens is 5. The van der Waals surface area contributed by atoms with Gasteiger partial charge in [-0.3, -0.25) is 24.3 Å². The highest BCUT2D eigenvalue weighted by Gasteiger charge is 2.20. The molecule has 0 atom stereocenters. The van der Waals surface area contributed by atoms with Crippen LogP contribution < -0.4 is 21.7 Å². The van der Waals surface area contributed by atoms with Gasteiger partial charge in [0.25, 0.3) is 17.7 Å². The molecule has 5 rings (SSSR count). The minimum Gasteiger partial charge on any atom is -0.465 e. The van der Waals surface area contributed by atoms with E-state index in [2.05, 4.69) is 20.9 Å². The Balaban J connectivity index is 1.31. The lowest BCUT2D eigenvalue weighted by atomic mass is 10.2. The molecule has 3 amide bonds. The number of carbonyl (C=O) groups is 4. The van der Waals surface area contributed by atoms with Gasteiger partial charge in [-0.15, -0.1) is 0 Å². The fourth-order valence-electron chi connectivity index (χ4n) is 4.43. The normalized spacial score (nSPS) is 11.0. The van der Waals surface area contributed by atoms with E-state index in [9.17, 15) is 19.2 Å². The molecule has 0 unspecified atom stereocenters. The molecule has 0 aliphatic carbocycles. The molecular formula is C26H25N9O5. The summed E-state index contributed by atoms with van der Waals surface area (Å²) in [5.74, 6) is -0.917. The van der Waals surface area contributed by atoms with Crippen LogP contribution in [-0.2, 0) is 21.1 Å². The first-order chi connectivity index (χ1) is 19.0. The number of fused-ring (bicyclic) bond motifs is 1. The van der Waals surface area contributed by atoms with Crippen molar-refractivity contribution in [3.8, 4) is 0 Å². The van der Waals surface area contributed by atoms with Crippen molar-refractivity contribution in [2.75, 3.05) is 21.7 Å². The number of carbonyl (C=O) groups excluding carboxylic acids is 3. The second-order valence-electron chi connectivity index (χ2n) is 9.15. The molecule has 40 heavy (non-hydrogen) atoms. The number of nitrogens with zero attached hydrogens (tertiary/aromatic N) is 5. The van der Waals surface area contributed by atoms with Crippen LogP contribution in [0.3, 0.4) is 0 Å². The van der Waals surface area contributed by atoms with E-state index in [1.54, 1.807) is 79.2 Å². The van der Waals surface area contributed by atoms with Crippen molar-refractivity contribution in [1.82, 2.24) is 23.3 Å². The minimum absolute atomic E-state index is 0.127. The predicted octanol–water partition coefficient (Wildman–Crippen LogP) is 2.92. The maximum Gasteiger partial charge on any atom is 0.409 e. The highest BCUT2D eigenvalue weighted by molar-refractivity contribution is 6.07. The molecule has 0 radical (unpaired) electrons. The van der Waals surface area contributed by atoms with Gasteiger partial charge in [-0.2, -0.15) is 0 Å². The Labute approximate surface area is 226 Å². The number of hydrogen-bond acceptors (Lipinski definition) is 6.